The van der Waals surface area contributed by atoms with Gasteiger partial charge in [-0.25, -0.2) is 0 Å². The molecule has 132 valence electrons. The standard InChI is InChI=1S/C22H38O/c1-6-8-9-10-11-12-13-14-15-22(5,7-2)20-17-18(3)16-19(4)21(20)23/h16-17,23H,6-15H2,1-5H3. The first kappa shape index (κ1) is 20.1. The second-order valence-electron chi connectivity index (χ2n) is 7.62. The lowest BCUT2D eigenvalue weighted by Gasteiger charge is -2.31. The van der Waals surface area contributed by atoms with Gasteiger partial charge in [0.25, 0.3) is 0 Å². The summed E-state index contributed by atoms with van der Waals surface area (Å²) < 4.78 is 0. The molecule has 1 aromatic rings. The van der Waals surface area contributed by atoms with Crippen LogP contribution in [0.25, 0.3) is 0 Å². The lowest BCUT2D eigenvalue weighted by Crippen LogP contribution is -2.21. The van der Waals surface area contributed by atoms with Crippen LogP contribution in [0.5, 0.6) is 5.75 Å². The third-order valence-electron chi connectivity index (χ3n) is 5.46. The molecule has 0 saturated carbocycles. The summed E-state index contributed by atoms with van der Waals surface area (Å²) in [5.74, 6) is 0.513. The number of unbranched alkanes of at least 4 members (excludes halogenated alkanes) is 7. The molecule has 0 aromatic heterocycles. The van der Waals surface area contributed by atoms with E-state index in [4.69, 9.17) is 0 Å². The van der Waals surface area contributed by atoms with Gasteiger partial charge in [-0.3, -0.25) is 0 Å². The molecular formula is C22H38O. The Bertz CT molecular complexity index is 463. The van der Waals surface area contributed by atoms with Gasteiger partial charge in [-0.05, 0) is 37.7 Å². The number of rotatable bonds is 11. The van der Waals surface area contributed by atoms with Gasteiger partial charge in [-0.2, -0.15) is 0 Å². The lowest BCUT2D eigenvalue weighted by molar-refractivity contribution is 0.368. The molecular weight excluding hydrogens is 280 g/mol. The minimum absolute atomic E-state index is 0.100. The van der Waals surface area contributed by atoms with Gasteiger partial charge in [0.15, 0.2) is 0 Å². The topological polar surface area (TPSA) is 20.2 Å². The number of aryl methyl sites for hydroxylation is 2. The highest BCUT2D eigenvalue weighted by Crippen LogP contribution is 2.40. The fourth-order valence-corrected chi connectivity index (χ4v) is 3.57. The Balaban J connectivity index is 2.52. The van der Waals surface area contributed by atoms with E-state index >= 15 is 0 Å². The summed E-state index contributed by atoms with van der Waals surface area (Å²) in [6, 6.07) is 4.27. The van der Waals surface area contributed by atoms with Crippen molar-refractivity contribution < 1.29 is 5.11 Å². The van der Waals surface area contributed by atoms with E-state index in [-0.39, 0.29) is 5.41 Å². The highest BCUT2D eigenvalue weighted by atomic mass is 16.3. The van der Waals surface area contributed by atoms with Crippen molar-refractivity contribution >= 4 is 0 Å². The Morgan fingerprint density at radius 1 is 0.870 bits per heavy atom. The van der Waals surface area contributed by atoms with Crippen molar-refractivity contribution in [1.82, 2.24) is 0 Å². The van der Waals surface area contributed by atoms with Crippen LogP contribution in [0.1, 0.15) is 102 Å². The first-order valence-electron chi connectivity index (χ1n) is 9.75. The first-order chi connectivity index (χ1) is 10.9. The fourth-order valence-electron chi connectivity index (χ4n) is 3.57. The molecule has 23 heavy (non-hydrogen) atoms. The minimum atomic E-state index is 0.100. The number of hydrogen-bond acceptors (Lipinski definition) is 1. The normalized spacial score (nSPS) is 14.0. The second kappa shape index (κ2) is 10.0. The van der Waals surface area contributed by atoms with Crippen LogP contribution in [0.4, 0.5) is 0 Å². The van der Waals surface area contributed by atoms with Crippen molar-refractivity contribution in [2.75, 3.05) is 0 Å². The molecule has 1 aromatic carbocycles. The van der Waals surface area contributed by atoms with Gasteiger partial charge in [0.05, 0.1) is 0 Å². The maximum Gasteiger partial charge on any atom is 0.122 e. The van der Waals surface area contributed by atoms with Crippen molar-refractivity contribution in [1.29, 1.82) is 0 Å². The third kappa shape index (κ3) is 6.20. The zero-order valence-corrected chi connectivity index (χ0v) is 16.2. The molecule has 0 aliphatic carbocycles. The van der Waals surface area contributed by atoms with E-state index in [1.807, 2.05) is 6.92 Å². The molecule has 0 aliphatic rings. The molecule has 0 amide bonds. The summed E-state index contributed by atoms with van der Waals surface area (Å²) in [7, 11) is 0. The zero-order chi connectivity index (χ0) is 17.3. The number of hydrogen-bond donors (Lipinski definition) is 1. The molecule has 1 rings (SSSR count). The molecule has 0 aliphatic heterocycles. The van der Waals surface area contributed by atoms with Gasteiger partial charge < -0.3 is 5.11 Å². The molecule has 0 spiro atoms. The molecule has 1 heteroatoms. The highest BCUT2D eigenvalue weighted by Gasteiger charge is 2.27. The number of phenols is 1. The smallest absolute Gasteiger partial charge is 0.122 e. The molecule has 0 radical (unpaired) electrons. The second-order valence-corrected chi connectivity index (χ2v) is 7.62. The Labute approximate surface area is 144 Å². The predicted octanol–water partition coefficient (Wildman–Crippen LogP) is 7.21. The predicted molar refractivity (Wildman–Crippen MR) is 102 cm³/mol. The summed E-state index contributed by atoms with van der Waals surface area (Å²) in [4.78, 5) is 0. The molecule has 0 saturated heterocycles. The van der Waals surface area contributed by atoms with Crippen LogP contribution in [0.15, 0.2) is 12.1 Å². The SMILES string of the molecule is CCCCCCCCCCC(C)(CC)c1cc(C)cc(C)c1O. The van der Waals surface area contributed by atoms with Gasteiger partial charge in [-0.1, -0.05) is 89.8 Å². The maximum absolute atomic E-state index is 10.5. The zero-order valence-electron chi connectivity index (χ0n) is 16.2. The Kier molecular flexibility index (Phi) is 8.73. The molecule has 1 atom stereocenters. The van der Waals surface area contributed by atoms with Crippen LogP contribution in [0, 0.1) is 13.8 Å². The summed E-state index contributed by atoms with van der Waals surface area (Å²) in [6.45, 7) is 11.0. The van der Waals surface area contributed by atoms with Gasteiger partial charge in [0.1, 0.15) is 5.75 Å². The van der Waals surface area contributed by atoms with Crippen LogP contribution < -0.4 is 0 Å². The first-order valence-corrected chi connectivity index (χ1v) is 9.75. The fraction of sp³-hybridized carbons (Fsp3) is 0.727. The molecule has 0 heterocycles. The maximum atomic E-state index is 10.5. The van der Waals surface area contributed by atoms with Crippen LogP contribution >= 0.6 is 0 Å². The molecule has 1 N–H and O–H groups in total. The van der Waals surface area contributed by atoms with E-state index in [9.17, 15) is 5.11 Å². The van der Waals surface area contributed by atoms with E-state index in [0.717, 1.165) is 17.5 Å². The van der Waals surface area contributed by atoms with Crippen molar-refractivity contribution in [2.24, 2.45) is 0 Å². The summed E-state index contributed by atoms with van der Waals surface area (Å²) in [5.41, 5.74) is 3.52. The quantitative estimate of drug-likeness (QED) is 0.427. The summed E-state index contributed by atoms with van der Waals surface area (Å²) in [6.07, 6.45) is 13.1. The average molecular weight is 319 g/mol. The van der Waals surface area contributed by atoms with Crippen LogP contribution in [0.2, 0.25) is 0 Å². The molecule has 0 bridgehead atoms. The monoisotopic (exact) mass is 318 g/mol. The Morgan fingerprint density at radius 3 is 2.00 bits per heavy atom. The van der Waals surface area contributed by atoms with Gasteiger partial charge in [0, 0.05) is 5.56 Å². The van der Waals surface area contributed by atoms with Crippen LogP contribution in [-0.4, -0.2) is 5.11 Å². The molecule has 1 nitrogen and oxygen atoms in total. The van der Waals surface area contributed by atoms with E-state index in [1.54, 1.807) is 0 Å². The van der Waals surface area contributed by atoms with Gasteiger partial charge in [0.2, 0.25) is 0 Å². The number of aromatic hydroxyl groups is 1. The van der Waals surface area contributed by atoms with Crippen molar-refractivity contribution in [3.05, 3.63) is 28.8 Å². The molecule has 0 fully saturated rings. The van der Waals surface area contributed by atoms with Crippen molar-refractivity contribution in [2.45, 2.75) is 104 Å². The Hall–Kier alpha value is -0.980. The minimum Gasteiger partial charge on any atom is -0.507 e. The van der Waals surface area contributed by atoms with Gasteiger partial charge in [-0.15, -0.1) is 0 Å². The van der Waals surface area contributed by atoms with Crippen molar-refractivity contribution in [3.8, 4) is 5.75 Å². The van der Waals surface area contributed by atoms with Crippen LogP contribution in [-0.2, 0) is 5.41 Å². The van der Waals surface area contributed by atoms with E-state index in [2.05, 4.69) is 39.8 Å². The average Bonchev–Trinajstić information content (AvgIpc) is 2.53. The van der Waals surface area contributed by atoms with Gasteiger partial charge >= 0.3 is 0 Å². The van der Waals surface area contributed by atoms with Crippen LogP contribution in [0.3, 0.4) is 0 Å². The van der Waals surface area contributed by atoms with E-state index in [1.165, 1.54) is 63.4 Å². The number of phenolic OH excluding ortho intramolecular Hbond substituents is 1. The highest BCUT2D eigenvalue weighted by molar-refractivity contribution is 5.46. The summed E-state index contributed by atoms with van der Waals surface area (Å²) in [5, 5.41) is 10.5. The number of benzene rings is 1. The molecule has 1 unspecified atom stereocenters. The van der Waals surface area contributed by atoms with E-state index < -0.39 is 0 Å². The summed E-state index contributed by atoms with van der Waals surface area (Å²) >= 11 is 0. The van der Waals surface area contributed by atoms with E-state index in [0.29, 0.717) is 5.75 Å². The largest absolute Gasteiger partial charge is 0.507 e. The van der Waals surface area contributed by atoms with Crippen molar-refractivity contribution in [3.63, 3.8) is 0 Å². The Morgan fingerprint density at radius 2 is 1.43 bits per heavy atom. The lowest BCUT2D eigenvalue weighted by atomic mass is 9.74. The third-order valence-corrected chi connectivity index (χ3v) is 5.46.